The van der Waals surface area contributed by atoms with Gasteiger partial charge in [-0.2, -0.15) is 4.68 Å². The number of nitrogen functional groups attached to an aromatic ring is 1. The summed E-state index contributed by atoms with van der Waals surface area (Å²) in [6, 6.07) is 5.15. The largest absolute Gasteiger partial charge is 0.452 e. The molecule has 16 heavy (non-hydrogen) atoms. The predicted octanol–water partition coefficient (Wildman–Crippen LogP) is 0.725. The number of ether oxygens (including phenoxy) is 1. The molecule has 6 heteroatoms. The molecule has 0 saturated heterocycles. The third-order valence-corrected chi connectivity index (χ3v) is 2.15. The Bertz CT molecular complexity index is 571. The number of aryl methyl sites for hydroxylation is 1. The van der Waals surface area contributed by atoms with Gasteiger partial charge in [-0.25, -0.2) is 4.79 Å². The van der Waals surface area contributed by atoms with Crippen LogP contribution in [0.4, 0.5) is 5.69 Å². The number of rotatable bonds is 2. The van der Waals surface area contributed by atoms with Crippen LogP contribution in [0.5, 0.6) is 6.08 Å². The summed E-state index contributed by atoms with van der Waals surface area (Å²) >= 11 is 0. The van der Waals surface area contributed by atoms with Crippen LogP contribution in [0.3, 0.4) is 0 Å². The molecule has 0 spiro atoms. The molecule has 6 nitrogen and oxygen atoms in total. The van der Waals surface area contributed by atoms with Gasteiger partial charge in [-0.3, -0.25) is 0 Å². The van der Waals surface area contributed by atoms with Crippen LogP contribution in [0.25, 0.3) is 5.69 Å². The molecule has 0 radical (unpaired) electrons. The first-order valence-corrected chi connectivity index (χ1v) is 4.62. The summed E-state index contributed by atoms with van der Waals surface area (Å²) in [4.78, 5) is 11.5. The second kappa shape index (κ2) is 3.73. The van der Waals surface area contributed by atoms with Gasteiger partial charge in [-0.1, -0.05) is 5.10 Å². The lowest BCUT2D eigenvalue weighted by Crippen LogP contribution is -2.14. The maximum atomic E-state index is 11.5. The van der Waals surface area contributed by atoms with Crippen molar-refractivity contribution in [3.8, 4) is 11.8 Å². The maximum Gasteiger partial charge on any atom is 0.444 e. The first-order valence-electron chi connectivity index (χ1n) is 4.62. The zero-order chi connectivity index (χ0) is 11.7. The van der Waals surface area contributed by atoms with E-state index in [4.69, 9.17) is 14.9 Å². The van der Waals surface area contributed by atoms with E-state index in [0.29, 0.717) is 11.4 Å². The van der Waals surface area contributed by atoms with Crippen LogP contribution in [0, 0.1) is 6.92 Å². The number of anilines is 1. The summed E-state index contributed by atoms with van der Waals surface area (Å²) in [5.74, 6) is -0.593. The molecule has 0 atom stereocenters. The van der Waals surface area contributed by atoms with Gasteiger partial charge in [0.05, 0.1) is 12.8 Å². The Morgan fingerprint density at radius 1 is 1.50 bits per heavy atom. The summed E-state index contributed by atoms with van der Waals surface area (Å²) < 4.78 is 10.6. The Morgan fingerprint density at radius 2 is 2.25 bits per heavy atom. The molecule has 0 aliphatic rings. The van der Waals surface area contributed by atoms with Gasteiger partial charge in [0.15, 0.2) is 0 Å². The zero-order valence-corrected chi connectivity index (χ0v) is 8.93. The minimum absolute atomic E-state index is 0.0683. The Morgan fingerprint density at radius 3 is 2.81 bits per heavy atom. The molecule has 0 fully saturated rings. The van der Waals surface area contributed by atoms with Crippen LogP contribution in [-0.4, -0.2) is 16.9 Å². The number of benzene rings is 1. The summed E-state index contributed by atoms with van der Waals surface area (Å²) in [6.07, 6.45) is -0.0683. The molecule has 1 aromatic carbocycles. The quantitative estimate of drug-likeness (QED) is 0.755. The van der Waals surface area contributed by atoms with E-state index in [2.05, 4.69) is 5.10 Å². The van der Waals surface area contributed by atoms with E-state index >= 15 is 0 Å². The molecular weight excluding hydrogens is 210 g/mol. The van der Waals surface area contributed by atoms with Crippen LogP contribution >= 0.6 is 0 Å². The standard InChI is InChI=1S/C10H11N3O3/c1-6-5-7(11)3-4-8(6)13-10(14)16-9(12-13)15-2/h3-5H,11H2,1-2H3. The Labute approximate surface area is 91.2 Å². The van der Waals surface area contributed by atoms with Gasteiger partial charge in [0.25, 0.3) is 0 Å². The summed E-state index contributed by atoms with van der Waals surface area (Å²) in [5.41, 5.74) is 7.70. The molecule has 0 unspecified atom stereocenters. The lowest BCUT2D eigenvalue weighted by Gasteiger charge is -2.03. The van der Waals surface area contributed by atoms with Gasteiger partial charge >= 0.3 is 11.8 Å². The molecule has 1 aromatic heterocycles. The normalized spacial score (nSPS) is 10.4. The Hall–Kier alpha value is -2.24. The first kappa shape index (κ1) is 10.3. The molecule has 84 valence electrons. The molecule has 0 bridgehead atoms. The van der Waals surface area contributed by atoms with Gasteiger partial charge in [0.1, 0.15) is 0 Å². The third-order valence-electron chi connectivity index (χ3n) is 2.15. The van der Waals surface area contributed by atoms with Crippen LogP contribution in [0.2, 0.25) is 0 Å². The van der Waals surface area contributed by atoms with Crippen molar-refractivity contribution in [2.45, 2.75) is 6.92 Å². The summed E-state index contributed by atoms with van der Waals surface area (Å²) in [6.45, 7) is 1.83. The maximum absolute atomic E-state index is 11.5. The van der Waals surface area contributed by atoms with E-state index in [1.807, 2.05) is 6.92 Å². The van der Waals surface area contributed by atoms with E-state index in [9.17, 15) is 4.79 Å². The highest BCUT2D eigenvalue weighted by Crippen LogP contribution is 2.16. The van der Waals surface area contributed by atoms with Gasteiger partial charge in [-0.05, 0) is 30.7 Å². The monoisotopic (exact) mass is 221 g/mol. The van der Waals surface area contributed by atoms with E-state index in [1.54, 1.807) is 18.2 Å². The van der Waals surface area contributed by atoms with Crippen molar-refractivity contribution >= 4 is 5.69 Å². The van der Waals surface area contributed by atoms with Crippen molar-refractivity contribution in [1.29, 1.82) is 0 Å². The van der Waals surface area contributed by atoms with Crippen molar-refractivity contribution in [3.63, 3.8) is 0 Å². The van der Waals surface area contributed by atoms with Gasteiger partial charge < -0.3 is 14.9 Å². The van der Waals surface area contributed by atoms with Crippen molar-refractivity contribution < 1.29 is 9.15 Å². The second-order valence-electron chi connectivity index (χ2n) is 3.30. The fourth-order valence-electron chi connectivity index (χ4n) is 1.41. The number of methoxy groups -OCH3 is 1. The average molecular weight is 221 g/mol. The smallest absolute Gasteiger partial charge is 0.444 e. The highest BCUT2D eigenvalue weighted by molar-refractivity contribution is 5.50. The van der Waals surface area contributed by atoms with Gasteiger partial charge in [-0.15, -0.1) is 0 Å². The molecule has 0 aliphatic carbocycles. The topological polar surface area (TPSA) is 83.3 Å². The van der Waals surface area contributed by atoms with Crippen LogP contribution in [-0.2, 0) is 0 Å². The van der Waals surface area contributed by atoms with E-state index in [-0.39, 0.29) is 6.08 Å². The minimum atomic E-state index is -0.593. The van der Waals surface area contributed by atoms with Crippen molar-refractivity contribution in [2.75, 3.05) is 12.8 Å². The van der Waals surface area contributed by atoms with Gasteiger partial charge in [0.2, 0.25) is 0 Å². The minimum Gasteiger partial charge on any atom is -0.452 e. The predicted molar refractivity (Wildman–Crippen MR) is 57.8 cm³/mol. The van der Waals surface area contributed by atoms with E-state index in [1.165, 1.54) is 7.11 Å². The molecular formula is C10H11N3O3. The van der Waals surface area contributed by atoms with Crippen LogP contribution in [0.1, 0.15) is 5.56 Å². The molecule has 2 N–H and O–H groups in total. The molecule has 1 heterocycles. The van der Waals surface area contributed by atoms with Gasteiger partial charge in [0, 0.05) is 5.69 Å². The number of hydrogen-bond acceptors (Lipinski definition) is 5. The van der Waals surface area contributed by atoms with Crippen molar-refractivity contribution in [3.05, 3.63) is 34.3 Å². The Kier molecular flexibility index (Phi) is 2.40. The lowest BCUT2D eigenvalue weighted by atomic mass is 10.2. The average Bonchev–Trinajstić information content (AvgIpc) is 2.60. The molecule has 0 saturated carbocycles. The fraction of sp³-hybridized carbons (Fsp3) is 0.200. The van der Waals surface area contributed by atoms with E-state index < -0.39 is 5.76 Å². The number of hydrogen-bond donors (Lipinski definition) is 1. The van der Waals surface area contributed by atoms with Crippen molar-refractivity contribution in [2.24, 2.45) is 0 Å². The Balaban J connectivity index is 2.58. The third kappa shape index (κ3) is 1.65. The first-order chi connectivity index (χ1) is 7.61. The van der Waals surface area contributed by atoms with Crippen molar-refractivity contribution in [1.82, 2.24) is 9.78 Å². The van der Waals surface area contributed by atoms with Crippen LogP contribution < -0.4 is 16.2 Å². The molecule has 0 aliphatic heterocycles. The number of aromatic nitrogens is 2. The molecule has 0 amide bonds. The highest BCUT2D eigenvalue weighted by Gasteiger charge is 2.11. The highest BCUT2D eigenvalue weighted by atomic mass is 16.6. The fourth-order valence-corrected chi connectivity index (χ4v) is 1.41. The summed E-state index contributed by atoms with van der Waals surface area (Å²) in [7, 11) is 1.38. The molecule has 2 rings (SSSR count). The lowest BCUT2D eigenvalue weighted by molar-refractivity contribution is 0.282. The zero-order valence-electron chi connectivity index (χ0n) is 8.93. The number of nitrogens with two attached hydrogens (primary N) is 1. The second-order valence-corrected chi connectivity index (χ2v) is 3.30. The number of nitrogens with zero attached hydrogens (tertiary/aromatic N) is 2. The van der Waals surface area contributed by atoms with E-state index in [0.717, 1.165) is 10.2 Å². The summed E-state index contributed by atoms with van der Waals surface area (Å²) in [5, 5.41) is 3.86. The van der Waals surface area contributed by atoms with Crippen LogP contribution in [0.15, 0.2) is 27.4 Å². The molecule has 2 aromatic rings. The SMILES string of the molecule is COc1nn(-c2ccc(N)cc2C)c(=O)o1.